The van der Waals surface area contributed by atoms with Crippen molar-refractivity contribution in [3.05, 3.63) is 16.1 Å². The molecule has 0 aromatic carbocycles. The summed E-state index contributed by atoms with van der Waals surface area (Å²) in [5, 5.41) is 0.999. The van der Waals surface area contributed by atoms with E-state index in [1.807, 2.05) is 0 Å². The van der Waals surface area contributed by atoms with Gasteiger partial charge in [0.15, 0.2) is 0 Å². The third-order valence-electron chi connectivity index (χ3n) is 3.82. The lowest BCUT2D eigenvalue weighted by molar-refractivity contribution is 0.159. The Morgan fingerprint density at radius 3 is 2.84 bits per heavy atom. The van der Waals surface area contributed by atoms with Crippen molar-refractivity contribution in [2.75, 3.05) is 26.4 Å². The lowest BCUT2D eigenvalue weighted by atomic mass is 9.80. The molecule has 3 rings (SSSR count). The van der Waals surface area contributed by atoms with E-state index in [1.165, 1.54) is 19.4 Å². The van der Waals surface area contributed by atoms with Crippen LogP contribution in [-0.4, -0.2) is 40.1 Å². The first-order valence-corrected chi connectivity index (χ1v) is 7.55. The average Bonchev–Trinajstić information content (AvgIpc) is 2.62. The van der Waals surface area contributed by atoms with Gasteiger partial charge in [0.25, 0.3) is 0 Å². The van der Waals surface area contributed by atoms with Crippen LogP contribution in [0.5, 0.6) is 0 Å². The third kappa shape index (κ3) is 2.31. The van der Waals surface area contributed by atoms with E-state index in [2.05, 4.69) is 62.3 Å². The maximum Gasteiger partial charge on any atom is 0.146 e. The number of nitrogens with zero attached hydrogens (tertiary/aromatic N) is 4. The topological polar surface area (TPSA) is 60.0 Å². The number of hydrogen-bond acceptors (Lipinski definition) is 4. The summed E-state index contributed by atoms with van der Waals surface area (Å²) in [5.74, 6) is 1.38. The quantitative estimate of drug-likeness (QED) is 0.840. The lowest BCUT2D eigenvalue weighted by Gasteiger charge is -2.38. The Morgan fingerprint density at radius 1 is 1.42 bits per heavy atom. The second-order valence-electron chi connectivity index (χ2n) is 5.60. The Bertz CT molecular complexity index is 600. The highest BCUT2D eigenvalue weighted by molar-refractivity contribution is 14.1. The number of rotatable bonds is 3. The second kappa shape index (κ2) is 4.90. The molecule has 0 saturated heterocycles. The van der Waals surface area contributed by atoms with Gasteiger partial charge in [-0.3, -0.25) is 0 Å². The van der Waals surface area contributed by atoms with Crippen LogP contribution in [0.15, 0.2) is 12.5 Å². The second-order valence-corrected chi connectivity index (χ2v) is 6.76. The van der Waals surface area contributed by atoms with Gasteiger partial charge in [-0.25, -0.2) is 9.97 Å². The van der Waals surface area contributed by atoms with E-state index < -0.39 is 0 Å². The number of nitrogens with two attached hydrogens (primary N) is 1. The molecule has 0 unspecified atom stereocenters. The molecule has 2 aromatic rings. The highest BCUT2D eigenvalue weighted by Crippen LogP contribution is 2.41. The van der Waals surface area contributed by atoms with Crippen LogP contribution in [0, 0.1) is 9.49 Å². The fourth-order valence-electron chi connectivity index (χ4n) is 2.93. The molecule has 0 aliphatic heterocycles. The normalized spacial score (nSPS) is 22.9. The molecule has 6 heteroatoms. The first-order chi connectivity index (χ1) is 9.06. The summed E-state index contributed by atoms with van der Waals surface area (Å²) in [4.78, 5) is 10.8. The summed E-state index contributed by atoms with van der Waals surface area (Å²) in [6.07, 6.45) is 6.16. The molecule has 19 heavy (non-hydrogen) atoms. The van der Waals surface area contributed by atoms with Crippen LogP contribution in [0.1, 0.15) is 18.9 Å². The van der Waals surface area contributed by atoms with Gasteiger partial charge in [0.2, 0.25) is 0 Å². The number of halogens is 1. The van der Waals surface area contributed by atoms with E-state index in [0.29, 0.717) is 11.9 Å². The zero-order chi connectivity index (χ0) is 13.6. The summed E-state index contributed by atoms with van der Waals surface area (Å²) >= 11 is 2.31. The van der Waals surface area contributed by atoms with Gasteiger partial charge in [0.05, 0.1) is 5.39 Å². The summed E-state index contributed by atoms with van der Waals surface area (Å²) in [6, 6.07) is 0.560. The van der Waals surface area contributed by atoms with Crippen molar-refractivity contribution in [1.29, 1.82) is 0 Å². The predicted molar refractivity (Wildman–Crippen MR) is 85.0 cm³/mol. The van der Waals surface area contributed by atoms with Crippen molar-refractivity contribution in [1.82, 2.24) is 19.4 Å². The molecule has 0 spiro atoms. The van der Waals surface area contributed by atoms with Crippen molar-refractivity contribution in [2.24, 2.45) is 5.92 Å². The van der Waals surface area contributed by atoms with E-state index >= 15 is 0 Å². The van der Waals surface area contributed by atoms with Crippen LogP contribution >= 0.6 is 22.6 Å². The Kier molecular flexibility index (Phi) is 3.38. The largest absolute Gasteiger partial charge is 0.383 e. The monoisotopic (exact) mass is 371 g/mol. The number of fused-ring (bicyclic) bond motifs is 1. The van der Waals surface area contributed by atoms with Gasteiger partial charge in [-0.2, -0.15) is 0 Å². The molecule has 1 saturated carbocycles. The minimum atomic E-state index is 0.560. The Morgan fingerprint density at radius 2 is 2.16 bits per heavy atom. The highest BCUT2D eigenvalue weighted by Gasteiger charge is 2.32. The van der Waals surface area contributed by atoms with E-state index in [9.17, 15) is 0 Å². The van der Waals surface area contributed by atoms with E-state index in [1.54, 1.807) is 6.33 Å². The summed E-state index contributed by atoms with van der Waals surface area (Å²) in [5.41, 5.74) is 6.92. The lowest BCUT2D eigenvalue weighted by Crippen LogP contribution is -2.33. The Labute approximate surface area is 126 Å². The number of nitrogen functional groups attached to an aromatic ring is 1. The van der Waals surface area contributed by atoms with Crippen molar-refractivity contribution in [3.8, 4) is 0 Å². The third-order valence-corrected chi connectivity index (χ3v) is 4.64. The molecule has 0 radical (unpaired) electrons. The van der Waals surface area contributed by atoms with Crippen LogP contribution in [0.4, 0.5) is 5.82 Å². The molecule has 2 N–H and O–H groups in total. The molecule has 5 nitrogen and oxygen atoms in total. The molecular formula is C13H18IN5. The van der Waals surface area contributed by atoms with Crippen molar-refractivity contribution >= 4 is 39.4 Å². The number of aromatic nitrogens is 3. The molecule has 2 heterocycles. The van der Waals surface area contributed by atoms with Crippen LogP contribution in [0.2, 0.25) is 0 Å². The molecule has 102 valence electrons. The summed E-state index contributed by atoms with van der Waals surface area (Å²) < 4.78 is 3.42. The highest BCUT2D eigenvalue weighted by atomic mass is 127. The minimum absolute atomic E-state index is 0.560. The Hall–Kier alpha value is -0.890. The first-order valence-electron chi connectivity index (χ1n) is 6.47. The zero-order valence-electron chi connectivity index (χ0n) is 11.2. The number of hydrogen-bond donors (Lipinski definition) is 1. The average molecular weight is 371 g/mol. The van der Waals surface area contributed by atoms with Gasteiger partial charge >= 0.3 is 0 Å². The standard InChI is InChI=1S/C13H18IN5/c1-18(2)5-8-3-9(4-8)19-6-10(14)11-12(15)16-7-17-13(11)19/h6-9H,3-5H2,1-2H3,(H2,15,16,17)/t8-,9+. The predicted octanol–water partition coefficient (Wildman–Crippen LogP) is 2.13. The zero-order valence-corrected chi connectivity index (χ0v) is 13.3. The molecule has 2 aromatic heterocycles. The summed E-state index contributed by atoms with van der Waals surface area (Å²) in [6.45, 7) is 1.17. The molecule has 0 bridgehead atoms. The smallest absolute Gasteiger partial charge is 0.146 e. The van der Waals surface area contributed by atoms with Crippen LogP contribution in [0.25, 0.3) is 11.0 Å². The van der Waals surface area contributed by atoms with Gasteiger partial charge in [-0.1, -0.05) is 0 Å². The van der Waals surface area contributed by atoms with E-state index in [0.717, 1.165) is 20.5 Å². The SMILES string of the molecule is CN(C)C[C@H]1C[C@@H](n2cc(I)c3c(N)ncnc32)C1. The van der Waals surface area contributed by atoms with Crippen LogP contribution in [0.3, 0.4) is 0 Å². The van der Waals surface area contributed by atoms with Crippen molar-refractivity contribution in [2.45, 2.75) is 18.9 Å². The fourth-order valence-corrected chi connectivity index (χ4v) is 3.75. The molecule has 1 aliphatic carbocycles. The molecule has 0 amide bonds. The number of anilines is 1. The maximum absolute atomic E-state index is 5.95. The van der Waals surface area contributed by atoms with E-state index in [-0.39, 0.29) is 0 Å². The minimum Gasteiger partial charge on any atom is -0.383 e. The van der Waals surface area contributed by atoms with Crippen LogP contribution in [-0.2, 0) is 0 Å². The van der Waals surface area contributed by atoms with Crippen molar-refractivity contribution in [3.63, 3.8) is 0 Å². The van der Waals surface area contributed by atoms with Crippen molar-refractivity contribution < 1.29 is 0 Å². The summed E-state index contributed by atoms with van der Waals surface area (Å²) in [7, 11) is 4.27. The van der Waals surface area contributed by atoms with Gasteiger partial charge in [-0.15, -0.1) is 0 Å². The molecular weight excluding hydrogens is 353 g/mol. The first kappa shape index (κ1) is 13.1. The van der Waals surface area contributed by atoms with Gasteiger partial charge in [0, 0.05) is 22.4 Å². The fraction of sp³-hybridized carbons (Fsp3) is 0.538. The Balaban J connectivity index is 1.86. The van der Waals surface area contributed by atoms with Gasteiger partial charge in [0.1, 0.15) is 17.8 Å². The molecule has 0 atom stereocenters. The van der Waals surface area contributed by atoms with Crippen LogP contribution < -0.4 is 5.73 Å². The van der Waals surface area contributed by atoms with E-state index in [4.69, 9.17) is 5.73 Å². The molecule has 1 aliphatic rings. The van der Waals surface area contributed by atoms with Gasteiger partial charge < -0.3 is 15.2 Å². The molecule has 1 fully saturated rings. The van der Waals surface area contributed by atoms with Gasteiger partial charge in [-0.05, 0) is 55.4 Å². The maximum atomic E-state index is 5.95.